The molecule has 5 nitrogen and oxygen atoms in total. The molecular formula is C17H18N4O. The van der Waals surface area contributed by atoms with E-state index in [2.05, 4.69) is 36.3 Å². The molecule has 0 aliphatic heterocycles. The number of aromatic hydroxyl groups is 1. The minimum absolute atomic E-state index is 0.201. The molecule has 1 heterocycles. The third-order valence-corrected chi connectivity index (χ3v) is 3.65. The lowest BCUT2D eigenvalue weighted by atomic mass is 10.0. The smallest absolute Gasteiger partial charge is 0.155 e. The maximum Gasteiger partial charge on any atom is 0.155 e. The number of nitrogens with zero attached hydrogens (tertiary/aromatic N) is 3. The van der Waals surface area contributed by atoms with Crippen LogP contribution in [-0.2, 0) is 0 Å². The molecule has 0 saturated carbocycles. The van der Waals surface area contributed by atoms with Gasteiger partial charge in [0, 0.05) is 5.56 Å². The molecule has 0 radical (unpaired) electrons. The predicted octanol–water partition coefficient (Wildman–Crippen LogP) is 3.35. The minimum atomic E-state index is 0.201. The summed E-state index contributed by atoms with van der Waals surface area (Å²) in [6.07, 6.45) is 0. The van der Waals surface area contributed by atoms with Crippen LogP contribution in [0.5, 0.6) is 5.75 Å². The van der Waals surface area contributed by atoms with Gasteiger partial charge >= 0.3 is 0 Å². The van der Waals surface area contributed by atoms with Crippen molar-refractivity contribution in [3.63, 3.8) is 0 Å². The molecule has 5 heteroatoms. The summed E-state index contributed by atoms with van der Waals surface area (Å²) in [5.74, 6) is 1.16. The van der Waals surface area contributed by atoms with Crippen LogP contribution in [0.3, 0.4) is 0 Å². The Labute approximate surface area is 129 Å². The number of hydrogen-bond donors (Lipinski definition) is 2. The lowest BCUT2D eigenvalue weighted by Crippen LogP contribution is -2.02. The van der Waals surface area contributed by atoms with Gasteiger partial charge in [-0.2, -0.15) is 4.68 Å². The molecule has 112 valence electrons. The maximum atomic E-state index is 9.35. The van der Waals surface area contributed by atoms with E-state index in [4.69, 9.17) is 5.73 Å². The first kappa shape index (κ1) is 14.1. The van der Waals surface area contributed by atoms with Crippen molar-refractivity contribution in [1.29, 1.82) is 0 Å². The van der Waals surface area contributed by atoms with Crippen molar-refractivity contribution < 1.29 is 5.11 Å². The Morgan fingerprint density at radius 2 is 1.64 bits per heavy atom. The Bertz CT molecular complexity index is 773. The van der Waals surface area contributed by atoms with E-state index >= 15 is 0 Å². The molecule has 0 aliphatic carbocycles. The third kappa shape index (κ3) is 2.53. The van der Waals surface area contributed by atoms with Crippen LogP contribution in [0, 0.1) is 0 Å². The monoisotopic (exact) mass is 294 g/mol. The summed E-state index contributed by atoms with van der Waals surface area (Å²) in [5, 5.41) is 17.6. The molecule has 3 N–H and O–H groups in total. The molecule has 0 saturated heterocycles. The third-order valence-electron chi connectivity index (χ3n) is 3.65. The number of hydrogen-bond acceptors (Lipinski definition) is 4. The molecule has 0 fully saturated rings. The van der Waals surface area contributed by atoms with Gasteiger partial charge in [-0.15, -0.1) is 5.10 Å². The van der Waals surface area contributed by atoms with E-state index < -0.39 is 0 Å². The maximum absolute atomic E-state index is 9.35. The summed E-state index contributed by atoms with van der Waals surface area (Å²) in [5.41, 5.74) is 9.80. The van der Waals surface area contributed by atoms with Crippen molar-refractivity contribution in [2.75, 3.05) is 5.73 Å². The summed E-state index contributed by atoms with van der Waals surface area (Å²) in [6.45, 7) is 4.31. The zero-order valence-electron chi connectivity index (χ0n) is 12.6. The van der Waals surface area contributed by atoms with E-state index in [-0.39, 0.29) is 5.75 Å². The zero-order valence-corrected chi connectivity index (χ0v) is 12.6. The molecule has 0 bridgehead atoms. The molecule has 0 aliphatic rings. The molecule has 0 atom stereocenters. The van der Waals surface area contributed by atoms with Gasteiger partial charge in [-0.3, -0.25) is 0 Å². The van der Waals surface area contributed by atoms with Crippen LogP contribution in [0.25, 0.3) is 16.9 Å². The van der Waals surface area contributed by atoms with Gasteiger partial charge in [0.05, 0.1) is 5.69 Å². The van der Waals surface area contributed by atoms with E-state index in [0.717, 1.165) is 11.3 Å². The molecular weight excluding hydrogens is 276 g/mol. The molecule has 2 aromatic carbocycles. The van der Waals surface area contributed by atoms with E-state index in [9.17, 15) is 5.11 Å². The van der Waals surface area contributed by atoms with Crippen LogP contribution in [-0.4, -0.2) is 20.1 Å². The normalized spacial score (nSPS) is 11.0. The van der Waals surface area contributed by atoms with Crippen molar-refractivity contribution in [3.05, 3.63) is 54.1 Å². The van der Waals surface area contributed by atoms with E-state index in [1.165, 1.54) is 5.56 Å². The number of nitrogens with two attached hydrogens (primary N) is 1. The Morgan fingerprint density at radius 3 is 2.23 bits per heavy atom. The zero-order chi connectivity index (χ0) is 15.7. The molecule has 3 rings (SSSR count). The molecule has 0 unspecified atom stereocenters. The number of anilines is 1. The number of nitrogen functional groups attached to an aromatic ring is 1. The Balaban J connectivity index is 1.98. The molecule has 1 aromatic heterocycles. The van der Waals surface area contributed by atoms with Gasteiger partial charge in [-0.25, -0.2) is 0 Å². The fourth-order valence-corrected chi connectivity index (χ4v) is 2.31. The van der Waals surface area contributed by atoms with E-state index in [1.807, 2.05) is 12.1 Å². The van der Waals surface area contributed by atoms with Gasteiger partial charge in [0.2, 0.25) is 0 Å². The second-order valence-corrected chi connectivity index (χ2v) is 5.53. The predicted molar refractivity (Wildman–Crippen MR) is 87.0 cm³/mol. The largest absolute Gasteiger partial charge is 0.508 e. The average molecular weight is 294 g/mol. The van der Waals surface area contributed by atoms with Gasteiger partial charge in [0.25, 0.3) is 0 Å². The van der Waals surface area contributed by atoms with E-state index in [1.54, 1.807) is 28.9 Å². The summed E-state index contributed by atoms with van der Waals surface area (Å²) in [6, 6.07) is 14.9. The Morgan fingerprint density at radius 1 is 1.00 bits per heavy atom. The molecule has 0 spiro atoms. The topological polar surface area (TPSA) is 77.0 Å². The first-order chi connectivity index (χ1) is 10.6. The van der Waals surface area contributed by atoms with Crippen molar-refractivity contribution in [2.45, 2.75) is 19.8 Å². The summed E-state index contributed by atoms with van der Waals surface area (Å²) in [7, 11) is 0. The van der Waals surface area contributed by atoms with Crippen molar-refractivity contribution >= 4 is 5.82 Å². The number of rotatable bonds is 3. The van der Waals surface area contributed by atoms with Crippen LogP contribution in [0.15, 0.2) is 48.5 Å². The summed E-state index contributed by atoms with van der Waals surface area (Å²) < 4.78 is 1.56. The standard InChI is InChI=1S/C17H18N4O/c1-11(2)12-3-5-13(6-4-12)16-17(18)21(20-19-16)14-7-9-15(22)10-8-14/h3-11,22H,18H2,1-2H3. The Kier molecular flexibility index (Phi) is 3.55. The van der Waals surface area contributed by atoms with E-state index in [0.29, 0.717) is 17.4 Å². The highest BCUT2D eigenvalue weighted by Crippen LogP contribution is 2.27. The van der Waals surface area contributed by atoms with Gasteiger partial charge in [-0.05, 0) is 35.7 Å². The van der Waals surface area contributed by atoms with Gasteiger partial charge < -0.3 is 10.8 Å². The second-order valence-electron chi connectivity index (χ2n) is 5.53. The lowest BCUT2D eigenvalue weighted by molar-refractivity contribution is 0.475. The second kappa shape index (κ2) is 5.52. The molecule has 22 heavy (non-hydrogen) atoms. The van der Waals surface area contributed by atoms with Crippen LogP contribution < -0.4 is 5.73 Å². The highest BCUT2D eigenvalue weighted by Gasteiger charge is 2.13. The number of phenolic OH excluding ortho intramolecular Hbond substituents is 1. The van der Waals surface area contributed by atoms with Crippen molar-refractivity contribution in [3.8, 4) is 22.7 Å². The van der Waals surface area contributed by atoms with Gasteiger partial charge in [0.1, 0.15) is 11.4 Å². The van der Waals surface area contributed by atoms with Crippen molar-refractivity contribution in [1.82, 2.24) is 15.0 Å². The van der Waals surface area contributed by atoms with Crippen LogP contribution in [0.4, 0.5) is 5.82 Å². The van der Waals surface area contributed by atoms with Crippen LogP contribution >= 0.6 is 0 Å². The van der Waals surface area contributed by atoms with Crippen LogP contribution in [0.2, 0.25) is 0 Å². The first-order valence-electron chi connectivity index (χ1n) is 7.17. The number of aromatic nitrogens is 3. The summed E-state index contributed by atoms with van der Waals surface area (Å²) in [4.78, 5) is 0. The molecule has 0 amide bonds. The number of benzene rings is 2. The first-order valence-corrected chi connectivity index (χ1v) is 7.17. The highest BCUT2D eigenvalue weighted by atomic mass is 16.3. The van der Waals surface area contributed by atoms with Gasteiger partial charge in [0.15, 0.2) is 5.82 Å². The number of phenols is 1. The average Bonchev–Trinajstić information content (AvgIpc) is 2.90. The highest BCUT2D eigenvalue weighted by molar-refractivity contribution is 5.71. The quantitative estimate of drug-likeness (QED) is 0.776. The van der Waals surface area contributed by atoms with Gasteiger partial charge in [-0.1, -0.05) is 43.3 Å². The fourth-order valence-electron chi connectivity index (χ4n) is 2.31. The SMILES string of the molecule is CC(C)c1ccc(-c2nnn(-c3ccc(O)cc3)c2N)cc1. The lowest BCUT2D eigenvalue weighted by Gasteiger charge is -2.06. The minimum Gasteiger partial charge on any atom is -0.508 e. The van der Waals surface area contributed by atoms with Crippen molar-refractivity contribution in [2.24, 2.45) is 0 Å². The van der Waals surface area contributed by atoms with Crippen LogP contribution in [0.1, 0.15) is 25.3 Å². The molecule has 3 aromatic rings. The fraction of sp³-hybridized carbons (Fsp3) is 0.176. The Hall–Kier alpha value is -2.82. The summed E-state index contributed by atoms with van der Waals surface area (Å²) >= 11 is 0.